The van der Waals surface area contributed by atoms with Gasteiger partial charge in [-0.2, -0.15) is 5.26 Å². The van der Waals surface area contributed by atoms with Gasteiger partial charge in [-0.15, -0.1) is 0 Å². The van der Waals surface area contributed by atoms with Crippen LogP contribution in [-0.2, 0) is 4.79 Å². The van der Waals surface area contributed by atoms with E-state index in [2.05, 4.69) is 4.90 Å². The fourth-order valence-corrected chi connectivity index (χ4v) is 3.88. The van der Waals surface area contributed by atoms with Gasteiger partial charge >= 0.3 is 5.97 Å². The second-order valence-corrected chi connectivity index (χ2v) is 6.01. The largest absolute Gasteiger partial charge is 0.481 e. The van der Waals surface area contributed by atoms with Gasteiger partial charge in [0, 0.05) is 18.5 Å². The Morgan fingerprint density at radius 2 is 2.05 bits per heavy atom. The molecule has 0 radical (unpaired) electrons. The Balaban J connectivity index is 1.82. The summed E-state index contributed by atoms with van der Waals surface area (Å²) in [5.74, 6) is -0.919. The van der Waals surface area contributed by atoms with Crippen molar-refractivity contribution in [3.05, 3.63) is 29.6 Å². The summed E-state index contributed by atoms with van der Waals surface area (Å²) >= 11 is 0. The maximum Gasteiger partial charge on any atom is 0.303 e. The number of nitrogens with zero attached hydrogens (tertiary/aromatic N) is 2. The van der Waals surface area contributed by atoms with Crippen LogP contribution in [0.15, 0.2) is 18.2 Å². The molecule has 0 aliphatic carbocycles. The molecule has 21 heavy (non-hydrogen) atoms. The Kier molecular flexibility index (Phi) is 3.54. The molecule has 4 nitrogen and oxygen atoms in total. The Morgan fingerprint density at radius 1 is 1.38 bits per heavy atom. The average Bonchev–Trinajstić information content (AvgIpc) is 2.69. The van der Waals surface area contributed by atoms with E-state index in [1.165, 1.54) is 6.07 Å². The number of benzene rings is 1. The lowest BCUT2D eigenvalue weighted by Gasteiger charge is -2.40. The summed E-state index contributed by atoms with van der Waals surface area (Å²) in [7, 11) is 0. The zero-order chi connectivity index (χ0) is 15.0. The number of fused-ring (bicyclic) bond motifs is 2. The Morgan fingerprint density at radius 3 is 2.57 bits per heavy atom. The Labute approximate surface area is 122 Å². The molecule has 2 unspecified atom stereocenters. The van der Waals surface area contributed by atoms with Crippen molar-refractivity contribution in [3.8, 4) is 6.07 Å². The number of anilines is 1. The SMILES string of the molecule is N#Cc1ccc(N2C3CCC2CC(CC(=O)O)C3)c(F)c1. The fourth-order valence-electron chi connectivity index (χ4n) is 3.88. The third-order valence-electron chi connectivity index (χ3n) is 4.65. The number of hydrogen-bond donors (Lipinski definition) is 1. The molecule has 2 fully saturated rings. The summed E-state index contributed by atoms with van der Waals surface area (Å²) in [6, 6.07) is 6.97. The molecular formula is C16H17FN2O2. The first-order valence-corrected chi connectivity index (χ1v) is 7.28. The van der Waals surface area contributed by atoms with Gasteiger partial charge in [0.05, 0.1) is 17.3 Å². The molecule has 0 spiro atoms. The molecule has 2 aliphatic rings. The fraction of sp³-hybridized carbons (Fsp3) is 0.500. The summed E-state index contributed by atoms with van der Waals surface area (Å²) in [6.45, 7) is 0. The molecule has 3 rings (SSSR count). The van der Waals surface area contributed by atoms with Gasteiger partial charge in [-0.1, -0.05) is 0 Å². The van der Waals surface area contributed by atoms with Crippen molar-refractivity contribution in [2.45, 2.75) is 44.2 Å². The molecule has 2 saturated heterocycles. The van der Waals surface area contributed by atoms with Crippen LogP contribution in [0, 0.1) is 23.1 Å². The van der Waals surface area contributed by atoms with Crippen LogP contribution in [0.4, 0.5) is 10.1 Å². The summed E-state index contributed by atoms with van der Waals surface area (Å²) < 4.78 is 14.2. The molecule has 110 valence electrons. The minimum absolute atomic E-state index is 0.192. The van der Waals surface area contributed by atoms with E-state index in [1.54, 1.807) is 12.1 Å². The minimum atomic E-state index is -0.752. The zero-order valence-electron chi connectivity index (χ0n) is 11.6. The predicted molar refractivity (Wildman–Crippen MR) is 75.4 cm³/mol. The minimum Gasteiger partial charge on any atom is -0.481 e. The summed E-state index contributed by atoms with van der Waals surface area (Å²) in [5.41, 5.74) is 0.875. The average molecular weight is 288 g/mol. The third kappa shape index (κ3) is 2.58. The van der Waals surface area contributed by atoms with E-state index in [0.717, 1.165) is 25.7 Å². The van der Waals surface area contributed by atoms with Crippen molar-refractivity contribution < 1.29 is 14.3 Å². The zero-order valence-corrected chi connectivity index (χ0v) is 11.6. The molecule has 2 heterocycles. The standard InChI is InChI=1S/C16H17FN2O2/c17-14-7-10(9-18)1-4-15(14)19-12-2-3-13(19)6-11(5-12)8-16(20)21/h1,4,7,11-13H,2-3,5-6,8H2,(H,20,21). The quantitative estimate of drug-likeness (QED) is 0.928. The molecule has 1 aromatic carbocycles. The van der Waals surface area contributed by atoms with Crippen LogP contribution >= 0.6 is 0 Å². The van der Waals surface area contributed by atoms with Gasteiger partial charge in [0.15, 0.2) is 0 Å². The van der Waals surface area contributed by atoms with Crippen LogP contribution in [0.25, 0.3) is 0 Å². The van der Waals surface area contributed by atoms with Crippen molar-refractivity contribution in [3.63, 3.8) is 0 Å². The first-order chi connectivity index (χ1) is 10.1. The van der Waals surface area contributed by atoms with E-state index in [1.807, 2.05) is 6.07 Å². The van der Waals surface area contributed by atoms with E-state index >= 15 is 0 Å². The number of hydrogen-bond acceptors (Lipinski definition) is 3. The van der Waals surface area contributed by atoms with E-state index in [9.17, 15) is 9.18 Å². The lowest BCUT2D eigenvalue weighted by molar-refractivity contribution is -0.138. The van der Waals surface area contributed by atoms with Crippen molar-refractivity contribution in [2.75, 3.05) is 4.90 Å². The lowest BCUT2D eigenvalue weighted by atomic mass is 9.88. The van der Waals surface area contributed by atoms with Gasteiger partial charge < -0.3 is 10.0 Å². The van der Waals surface area contributed by atoms with Crippen molar-refractivity contribution in [1.82, 2.24) is 0 Å². The van der Waals surface area contributed by atoms with Crippen LogP contribution in [0.1, 0.15) is 37.7 Å². The molecule has 5 heteroatoms. The summed E-state index contributed by atoms with van der Waals surface area (Å²) in [5, 5.41) is 17.8. The van der Waals surface area contributed by atoms with Crippen LogP contribution in [-0.4, -0.2) is 23.2 Å². The molecule has 0 amide bonds. The highest BCUT2D eigenvalue weighted by Crippen LogP contribution is 2.43. The number of piperidine rings is 1. The molecule has 0 saturated carbocycles. The van der Waals surface area contributed by atoms with Gasteiger partial charge in [0.25, 0.3) is 0 Å². The van der Waals surface area contributed by atoms with E-state index in [4.69, 9.17) is 10.4 Å². The van der Waals surface area contributed by atoms with Crippen LogP contribution in [0.3, 0.4) is 0 Å². The predicted octanol–water partition coefficient (Wildman–Crippen LogP) is 2.92. The normalized spacial score (nSPS) is 27.4. The highest BCUT2D eigenvalue weighted by molar-refractivity contribution is 5.67. The van der Waals surface area contributed by atoms with Gasteiger partial charge in [0.2, 0.25) is 0 Å². The number of halogens is 1. The number of carboxylic acids is 1. The van der Waals surface area contributed by atoms with Crippen LogP contribution in [0.5, 0.6) is 0 Å². The van der Waals surface area contributed by atoms with Crippen LogP contribution < -0.4 is 4.90 Å². The number of aliphatic carboxylic acids is 1. The second-order valence-electron chi connectivity index (χ2n) is 6.01. The number of carboxylic acid groups (broad SMARTS) is 1. The third-order valence-corrected chi connectivity index (χ3v) is 4.65. The molecule has 2 bridgehead atoms. The number of nitriles is 1. The highest BCUT2D eigenvalue weighted by Gasteiger charge is 2.42. The van der Waals surface area contributed by atoms with E-state index in [-0.39, 0.29) is 30.2 Å². The van der Waals surface area contributed by atoms with Crippen molar-refractivity contribution in [2.24, 2.45) is 5.92 Å². The molecular weight excluding hydrogens is 271 g/mol. The maximum atomic E-state index is 14.2. The Bertz CT molecular complexity index is 597. The van der Waals surface area contributed by atoms with E-state index in [0.29, 0.717) is 11.3 Å². The smallest absolute Gasteiger partial charge is 0.303 e. The second kappa shape index (κ2) is 5.36. The van der Waals surface area contributed by atoms with Gasteiger partial charge in [-0.05, 0) is 49.8 Å². The summed E-state index contributed by atoms with van der Waals surface area (Å²) in [4.78, 5) is 13.0. The monoisotopic (exact) mass is 288 g/mol. The van der Waals surface area contributed by atoms with Gasteiger partial charge in [-0.3, -0.25) is 4.79 Å². The summed E-state index contributed by atoms with van der Waals surface area (Å²) in [6.07, 6.45) is 3.79. The molecule has 1 aromatic rings. The van der Waals surface area contributed by atoms with Crippen LogP contribution in [0.2, 0.25) is 0 Å². The maximum absolute atomic E-state index is 14.2. The topological polar surface area (TPSA) is 64.3 Å². The number of rotatable bonds is 3. The lowest BCUT2D eigenvalue weighted by Crippen LogP contribution is -2.43. The Hall–Kier alpha value is -2.09. The van der Waals surface area contributed by atoms with Gasteiger partial charge in [-0.25, -0.2) is 4.39 Å². The molecule has 2 aliphatic heterocycles. The van der Waals surface area contributed by atoms with Crippen molar-refractivity contribution in [1.29, 1.82) is 5.26 Å². The van der Waals surface area contributed by atoms with Crippen molar-refractivity contribution >= 4 is 11.7 Å². The van der Waals surface area contributed by atoms with Gasteiger partial charge in [0.1, 0.15) is 5.82 Å². The first-order valence-electron chi connectivity index (χ1n) is 7.28. The molecule has 1 N–H and O–H groups in total. The molecule has 2 atom stereocenters. The highest BCUT2D eigenvalue weighted by atomic mass is 19.1. The number of carbonyl (C=O) groups is 1. The first kappa shape index (κ1) is 13.9. The van der Waals surface area contributed by atoms with E-state index < -0.39 is 5.97 Å². The molecule has 0 aromatic heterocycles.